The number of hydrogen-bond acceptors (Lipinski definition) is 5. The van der Waals surface area contributed by atoms with Crippen LogP contribution in [0.2, 0.25) is 0 Å². The van der Waals surface area contributed by atoms with Gasteiger partial charge in [-0.2, -0.15) is 0 Å². The van der Waals surface area contributed by atoms with Crippen LogP contribution in [0.1, 0.15) is 69.0 Å². The standard InChI is InChI=1S/C25H35N5O2/c1-14-8-9-16(23(31)29-25-27-20-6-4-5-7-21(20)28-25)11-18(14)19-12-17-13-26-15(2)10-22(17)30(3)24(19)32/h10,12-14,16,18,20-21,25,27-28H,4-9,11H2,1-3H3,(H,29,31). The largest absolute Gasteiger partial charge is 0.328 e. The third kappa shape index (κ3) is 3.97. The van der Waals surface area contributed by atoms with Crippen molar-refractivity contribution in [2.45, 2.75) is 83.1 Å². The fourth-order valence-corrected chi connectivity index (χ4v) is 6.10. The molecule has 0 bridgehead atoms. The van der Waals surface area contributed by atoms with E-state index >= 15 is 0 Å². The Kier molecular flexibility index (Phi) is 5.80. The van der Waals surface area contributed by atoms with Gasteiger partial charge < -0.3 is 9.88 Å². The van der Waals surface area contributed by atoms with Crippen LogP contribution in [0.3, 0.4) is 0 Å². The molecule has 32 heavy (non-hydrogen) atoms. The van der Waals surface area contributed by atoms with Gasteiger partial charge in [0.15, 0.2) is 0 Å². The first-order chi connectivity index (χ1) is 15.4. The zero-order chi connectivity index (χ0) is 22.4. The molecule has 0 aromatic carbocycles. The van der Waals surface area contributed by atoms with Crippen LogP contribution < -0.4 is 21.5 Å². The van der Waals surface area contributed by atoms with Crippen molar-refractivity contribution in [1.29, 1.82) is 0 Å². The molecule has 0 radical (unpaired) electrons. The minimum atomic E-state index is -0.142. The Bertz CT molecular complexity index is 1070. The molecule has 1 aliphatic heterocycles. The third-order valence-corrected chi connectivity index (χ3v) is 8.05. The second-order valence-corrected chi connectivity index (χ2v) is 10.2. The molecule has 7 heteroatoms. The summed E-state index contributed by atoms with van der Waals surface area (Å²) in [5, 5.41) is 11.3. The van der Waals surface area contributed by atoms with Gasteiger partial charge >= 0.3 is 0 Å². The molecule has 5 atom stereocenters. The van der Waals surface area contributed by atoms with Gasteiger partial charge in [0.25, 0.3) is 5.56 Å². The summed E-state index contributed by atoms with van der Waals surface area (Å²) in [5.74, 6) is 0.476. The monoisotopic (exact) mass is 437 g/mol. The Hall–Kier alpha value is -2.25. The normalized spacial score (nSPS) is 32.6. The number of nitrogens with one attached hydrogen (secondary N) is 3. The van der Waals surface area contributed by atoms with E-state index in [9.17, 15) is 9.59 Å². The molecule has 5 unspecified atom stereocenters. The molecule has 2 aromatic rings. The number of carbonyl (C=O) groups is 1. The van der Waals surface area contributed by atoms with E-state index in [-0.39, 0.29) is 29.6 Å². The Labute approximate surface area is 189 Å². The van der Waals surface area contributed by atoms with Gasteiger partial charge in [-0.05, 0) is 63.0 Å². The van der Waals surface area contributed by atoms with Crippen molar-refractivity contribution >= 4 is 16.8 Å². The summed E-state index contributed by atoms with van der Waals surface area (Å²) in [6.45, 7) is 4.15. The molecule has 2 aliphatic carbocycles. The van der Waals surface area contributed by atoms with E-state index in [2.05, 4.69) is 27.9 Å². The van der Waals surface area contributed by atoms with Crippen molar-refractivity contribution in [3.05, 3.63) is 39.9 Å². The van der Waals surface area contributed by atoms with Crippen molar-refractivity contribution in [1.82, 2.24) is 25.5 Å². The summed E-state index contributed by atoms with van der Waals surface area (Å²) < 4.78 is 1.74. The highest BCUT2D eigenvalue weighted by Gasteiger charge is 2.38. The number of amides is 1. The van der Waals surface area contributed by atoms with Crippen LogP contribution in [0.5, 0.6) is 0 Å². The Morgan fingerprint density at radius 3 is 2.56 bits per heavy atom. The summed E-state index contributed by atoms with van der Waals surface area (Å²) in [7, 11) is 1.84. The third-order valence-electron chi connectivity index (χ3n) is 8.05. The van der Waals surface area contributed by atoms with Gasteiger partial charge in [-0.15, -0.1) is 0 Å². The zero-order valence-electron chi connectivity index (χ0n) is 19.4. The summed E-state index contributed by atoms with van der Waals surface area (Å²) >= 11 is 0. The minimum absolute atomic E-state index is 0.0456. The second-order valence-electron chi connectivity index (χ2n) is 10.2. The predicted octanol–water partition coefficient (Wildman–Crippen LogP) is 2.67. The van der Waals surface area contributed by atoms with Crippen LogP contribution in [0.15, 0.2) is 23.1 Å². The van der Waals surface area contributed by atoms with Crippen molar-refractivity contribution in [3.8, 4) is 0 Å². The highest BCUT2D eigenvalue weighted by Crippen LogP contribution is 2.40. The average Bonchev–Trinajstić information content (AvgIpc) is 3.19. The number of aryl methyl sites for hydroxylation is 2. The van der Waals surface area contributed by atoms with E-state index in [1.807, 2.05) is 32.3 Å². The van der Waals surface area contributed by atoms with E-state index in [0.717, 1.165) is 35.0 Å². The van der Waals surface area contributed by atoms with Crippen LogP contribution in [0.25, 0.3) is 10.9 Å². The van der Waals surface area contributed by atoms with E-state index in [4.69, 9.17) is 0 Å². The molecule has 7 nitrogen and oxygen atoms in total. The van der Waals surface area contributed by atoms with Crippen LogP contribution in [-0.4, -0.2) is 33.8 Å². The van der Waals surface area contributed by atoms with Crippen LogP contribution in [-0.2, 0) is 11.8 Å². The van der Waals surface area contributed by atoms with E-state index in [1.54, 1.807) is 4.57 Å². The van der Waals surface area contributed by atoms with Crippen LogP contribution >= 0.6 is 0 Å². The smallest absolute Gasteiger partial charge is 0.254 e. The Morgan fingerprint density at radius 1 is 1.12 bits per heavy atom. The lowest BCUT2D eigenvalue weighted by Gasteiger charge is -2.34. The molecule has 3 aliphatic rings. The maximum Gasteiger partial charge on any atom is 0.254 e. The fraction of sp³-hybridized carbons (Fsp3) is 0.640. The van der Waals surface area contributed by atoms with Crippen LogP contribution in [0, 0.1) is 18.8 Å². The predicted molar refractivity (Wildman–Crippen MR) is 125 cm³/mol. The van der Waals surface area contributed by atoms with Gasteiger partial charge in [0.2, 0.25) is 5.91 Å². The maximum atomic E-state index is 13.3. The number of rotatable bonds is 3. The lowest BCUT2D eigenvalue weighted by atomic mass is 9.71. The van der Waals surface area contributed by atoms with Crippen LogP contribution in [0.4, 0.5) is 0 Å². The molecule has 3 N–H and O–H groups in total. The highest BCUT2D eigenvalue weighted by atomic mass is 16.2. The SMILES string of the molecule is Cc1cc2c(cn1)cc(C1CC(C(=O)NC3NC4CCCCC4N3)CCC1C)c(=O)n2C. The molecule has 3 heterocycles. The molecule has 0 spiro atoms. The maximum absolute atomic E-state index is 13.3. The van der Waals surface area contributed by atoms with Gasteiger partial charge in [-0.1, -0.05) is 19.8 Å². The quantitative estimate of drug-likeness (QED) is 0.687. The lowest BCUT2D eigenvalue weighted by molar-refractivity contribution is -0.127. The Morgan fingerprint density at radius 2 is 1.84 bits per heavy atom. The van der Waals surface area contributed by atoms with Crippen molar-refractivity contribution in [3.63, 3.8) is 0 Å². The molecule has 5 rings (SSSR count). The molecule has 2 aromatic heterocycles. The van der Waals surface area contributed by atoms with E-state index in [0.29, 0.717) is 24.4 Å². The van der Waals surface area contributed by atoms with Gasteiger partial charge in [-0.3, -0.25) is 25.2 Å². The lowest BCUT2D eigenvalue weighted by Crippen LogP contribution is -2.51. The molecule has 2 saturated carbocycles. The van der Waals surface area contributed by atoms with Gasteiger partial charge in [0, 0.05) is 47.9 Å². The molecular formula is C25H35N5O2. The summed E-state index contributed by atoms with van der Waals surface area (Å²) in [5.41, 5.74) is 2.67. The number of pyridine rings is 2. The summed E-state index contributed by atoms with van der Waals surface area (Å²) in [4.78, 5) is 30.8. The topological polar surface area (TPSA) is 88.1 Å². The fourth-order valence-electron chi connectivity index (χ4n) is 6.10. The average molecular weight is 438 g/mol. The molecule has 1 amide bonds. The van der Waals surface area contributed by atoms with E-state index < -0.39 is 0 Å². The first-order valence-electron chi connectivity index (χ1n) is 12.2. The zero-order valence-corrected chi connectivity index (χ0v) is 19.4. The number of aromatic nitrogens is 2. The van der Waals surface area contributed by atoms with Gasteiger partial charge in [0.1, 0.15) is 6.29 Å². The van der Waals surface area contributed by atoms with E-state index in [1.165, 1.54) is 25.7 Å². The number of hydrogen-bond donors (Lipinski definition) is 3. The summed E-state index contributed by atoms with van der Waals surface area (Å²) in [6, 6.07) is 4.90. The first kappa shape index (κ1) is 21.6. The highest BCUT2D eigenvalue weighted by molar-refractivity contribution is 5.80. The number of fused-ring (bicyclic) bond motifs is 2. The molecule has 172 valence electrons. The minimum Gasteiger partial charge on any atom is -0.328 e. The van der Waals surface area contributed by atoms with Crippen molar-refractivity contribution in [2.24, 2.45) is 18.9 Å². The number of nitrogens with zero attached hydrogens (tertiary/aromatic N) is 2. The summed E-state index contributed by atoms with van der Waals surface area (Å²) in [6.07, 6.45) is 9.11. The second kappa shape index (κ2) is 8.60. The Balaban J connectivity index is 1.33. The van der Waals surface area contributed by atoms with Crippen molar-refractivity contribution < 1.29 is 4.79 Å². The molecular weight excluding hydrogens is 402 g/mol. The van der Waals surface area contributed by atoms with Crippen molar-refractivity contribution in [2.75, 3.05) is 0 Å². The number of carbonyl (C=O) groups excluding carboxylic acids is 1. The van der Waals surface area contributed by atoms with Gasteiger partial charge in [-0.25, -0.2) is 0 Å². The molecule has 3 fully saturated rings. The first-order valence-corrected chi connectivity index (χ1v) is 12.2. The molecule has 1 saturated heterocycles. The van der Waals surface area contributed by atoms with Gasteiger partial charge in [0.05, 0.1) is 5.52 Å².